The van der Waals surface area contributed by atoms with Gasteiger partial charge in [-0.25, -0.2) is 10.2 Å². The third kappa shape index (κ3) is 3.87. The second-order valence-electron chi connectivity index (χ2n) is 6.31. The zero-order valence-corrected chi connectivity index (χ0v) is 17.1. The van der Waals surface area contributed by atoms with Crippen molar-refractivity contribution in [3.05, 3.63) is 65.8 Å². The van der Waals surface area contributed by atoms with Gasteiger partial charge in [0.25, 0.3) is 11.2 Å². The van der Waals surface area contributed by atoms with Crippen molar-refractivity contribution in [2.24, 2.45) is 19.2 Å². The Morgan fingerprint density at radius 2 is 1.93 bits per heavy atom. The Morgan fingerprint density at radius 1 is 1.27 bits per heavy atom. The van der Waals surface area contributed by atoms with Crippen LogP contribution in [-0.2, 0) is 20.6 Å². The zero-order chi connectivity index (χ0) is 22.0. The number of hydrazone groups is 1. The third-order valence-electron chi connectivity index (χ3n) is 4.43. The summed E-state index contributed by atoms with van der Waals surface area (Å²) in [5, 5.41) is 15.0. The molecule has 0 saturated carbocycles. The average molecular weight is 432 g/mol. The molecule has 0 atom stereocenters. The first-order valence-electron chi connectivity index (χ1n) is 8.81. The third-order valence-corrected chi connectivity index (χ3v) is 4.63. The van der Waals surface area contributed by atoms with Gasteiger partial charge in [0.2, 0.25) is 5.95 Å². The minimum atomic E-state index is -0.483. The van der Waals surface area contributed by atoms with Crippen LogP contribution in [0.4, 0.5) is 11.6 Å². The first kappa shape index (κ1) is 21.0. The van der Waals surface area contributed by atoms with Crippen LogP contribution in [0.15, 0.2) is 44.0 Å². The maximum Gasteiger partial charge on any atom is 0.332 e. The van der Waals surface area contributed by atoms with Crippen LogP contribution in [-0.4, -0.2) is 29.8 Å². The number of nitrogens with one attached hydrogen (secondary N) is 1. The van der Waals surface area contributed by atoms with Gasteiger partial charge >= 0.3 is 5.69 Å². The second kappa shape index (κ2) is 8.33. The normalized spacial score (nSPS) is 12.1. The number of anilines is 1. The second-order valence-corrected chi connectivity index (χ2v) is 6.74. The molecule has 0 bridgehead atoms. The van der Waals surface area contributed by atoms with Crippen LogP contribution in [0.5, 0.6) is 0 Å². The number of nitrogens with zero attached hydrogens (tertiary/aromatic N) is 6. The summed E-state index contributed by atoms with van der Waals surface area (Å²) in [6.07, 6.45) is 2.91. The van der Waals surface area contributed by atoms with Crippen molar-refractivity contribution in [2.75, 3.05) is 5.43 Å². The first-order chi connectivity index (χ1) is 14.2. The Bertz CT molecular complexity index is 1300. The number of allylic oxidation sites excluding steroid dienone is 1. The van der Waals surface area contributed by atoms with Gasteiger partial charge in [-0.3, -0.25) is 24.0 Å². The molecule has 3 rings (SSSR count). The van der Waals surface area contributed by atoms with Gasteiger partial charge < -0.3 is 4.57 Å². The molecule has 0 fully saturated rings. The Kier molecular flexibility index (Phi) is 5.83. The van der Waals surface area contributed by atoms with Crippen LogP contribution >= 0.6 is 11.6 Å². The lowest BCUT2D eigenvalue weighted by Crippen LogP contribution is -2.37. The molecule has 0 unspecified atom stereocenters. The summed E-state index contributed by atoms with van der Waals surface area (Å²) in [7, 11) is 2.94. The number of nitro groups is 1. The molecule has 3 aromatic rings. The van der Waals surface area contributed by atoms with Gasteiger partial charge in [0.1, 0.15) is 0 Å². The predicted octanol–water partition coefficient (Wildman–Crippen LogP) is 2.04. The monoisotopic (exact) mass is 431 g/mol. The molecular formula is C18H18ClN7O4. The number of nitro benzene ring substituents is 1. The Morgan fingerprint density at radius 3 is 2.53 bits per heavy atom. The number of hydrogen-bond acceptors (Lipinski definition) is 7. The quantitative estimate of drug-likeness (QED) is 0.361. The van der Waals surface area contributed by atoms with E-state index in [4.69, 9.17) is 11.6 Å². The molecule has 0 saturated heterocycles. The van der Waals surface area contributed by atoms with Crippen LogP contribution in [0.1, 0.15) is 12.5 Å². The molecule has 2 heterocycles. The van der Waals surface area contributed by atoms with Crippen molar-refractivity contribution in [3.63, 3.8) is 0 Å². The lowest BCUT2D eigenvalue weighted by molar-refractivity contribution is -0.384. The number of rotatable bonds is 6. The number of hydrogen-bond donors (Lipinski definition) is 1. The molecule has 12 heteroatoms. The summed E-state index contributed by atoms with van der Waals surface area (Å²) in [6, 6.07) is 5.88. The average Bonchev–Trinajstić information content (AvgIpc) is 3.09. The van der Waals surface area contributed by atoms with E-state index in [0.717, 1.165) is 4.57 Å². The van der Waals surface area contributed by atoms with Crippen LogP contribution < -0.4 is 16.7 Å². The van der Waals surface area contributed by atoms with Gasteiger partial charge in [0.05, 0.1) is 16.2 Å². The summed E-state index contributed by atoms with van der Waals surface area (Å²) in [4.78, 5) is 39.1. The predicted molar refractivity (Wildman–Crippen MR) is 115 cm³/mol. The van der Waals surface area contributed by atoms with E-state index in [1.807, 2.05) is 6.92 Å². The Labute approximate surface area is 174 Å². The highest BCUT2D eigenvalue weighted by molar-refractivity contribution is 6.41. The summed E-state index contributed by atoms with van der Waals surface area (Å²) in [5.41, 5.74) is 2.98. The van der Waals surface area contributed by atoms with E-state index in [2.05, 4.69) is 15.5 Å². The van der Waals surface area contributed by atoms with Crippen LogP contribution in [0, 0.1) is 10.1 Å². The standard InChI is InChI=1S/C18H18ClN7O4/c1-4-25-14-15(23(2)18(28)24(3)16(14)27)21-17(25)22-20-10-12(19)9-11-5-7-13(8-6-11)26(29)30/h5-10H,4H2,1-3H3,(H,21,22)/b12-9-,20-10-. The lowest BCUT2D eigenvalue weighted by atomic mass is 10.2. The van der Waals surface area contributed by atoms with Crippen LogP contribution in [0.3, 0.4) is 0 Å². The molecule has 2 aromatic heterocycles. The number of benzene rings is 1. The number of aromatic nitrogens is 4. The van der Waals surface area contributed by atoms with Crippen LogP contribution in [0.2, 0.25) is 0 Å². The van der Waals surface area contributed by atoms with Gasteiger partial charge in [-0.2, -0.15) is 10.1 Å². The zero-order valence-electron chi connectivity index (χ0n) is 16.4. The highest BCUT2D eigenvalue weighted by Gasteiger charge is 2.17. The summed E-state index contributed by atoms with van der Waals surface area (Å²) >= 11 is 6.14. The van der Waals surface area contributed by atoms with Gasteiger partial charge in [-0.05, 0) is 30.7 Å². The number of fused-ring (bicyclic) bond motifs is 1. The van der Waals surface area contributed by atoms with Gasteiger partial charge in [-0.1, -0.05) is 11.6 Å². The minimum absolute atomic E-state index is 0.0161. The van der Waals surface area contributed by atoms with E-state index in [9.17, 15) is 19.7 Å². The van der Waals surface area contributed by atoms with E-state index < -0.39 is 16.2 Å². The summed E-state index contributed by atoms with van der Waals surface area (Å²) in [6.45, 7) is 2.26. The Balaban J connectivity index is 1.88. The molecule has 0 radical (unpaired) electrons. The highest BCUT2D eigenvalue weighted by atomic mass is 35.5. The molecule has 0 aliphatic heterocycles. The van der Waals surface area contributed by atoms with Crippen molar-refractivity contribution in [3.8, 4) is 0 Å². The number of aryl methyl sites for hydroxylation is 2. The van der Waals surface area contributed by atoms with Gasteiger partial charge in [0.15, 0.2) is 11.2 Å². The number of imidazole rings is 1. The van der Waals surface area contributed by atoms with Crippen molar-refractivity contribution in [2.45, 2.75) is 13.5 Å². The molecule has 1 N–H and O–H groups in total. The molecule has 1 aromatic carbocycles. The maximum absolute atomic E-state index is 12.5. The van der Waals surface area contributed by atoms with E-state index in [-0.39, 0.29) is 27.8 Å². The Hall–Kier alpha value is -3.73. The molecule has 30 heavy (non-hydrogen) atoms. The van der Waals surface area contributed by atoms with E-state index in [1.165, 1.54) is 37.0 Å². The largest absolute Gasteiger partial charge is 0.332 e. The maximum atomic E-state index is 12.5. The molecule has 156 valence electrons. The number of non-ortho nitro benzene ring substituents is 1. The smallest absolute Gasteiger partial charge is 0.303 e. The summed E-state index contributed by atoms with van der Waals surface area (Å²) in [5.74, 6) is 0.279. The lowest BCUT2D eigenvalue weighted by Gasteiger charge is -2.05. The molecular weight excluding hydrogens is 414 g/mol. The van der Waals surface area contributed by atoms with Crippen molar-refractivity contribution in [1.82, 2.24) is 18.7 Å². The molecule has 11 nitrogen and oxygen atoms in total. The fraction of sp³-hybridized carbons (Fsp3) is 0.222. The van der Waals surface area contributed by atoms with E-state index >= 15 is 0 Å². The van der Waals surface area contributed by atoms with Crippen molar-refractivity contribution >= 4 is 46.7 Å². The highest BCUT2D eigenvalue weighted by Crippen LogP contribution is 2.17. The fourth-order valence-corrected chi connectivity index (χ4v) is 3.05. The van der Waals surface area contributed by atoms with Gasteiger partial charge in [-0.15, -0.1) is 0 Å². The minimum Gasteiger partial charge on any atom is -0.303 e. The van der Waals surface area contributed by atoms with Gasteiger partial charge in [0, 0.05) is 32.8 Å². The van der Waals surface area contributed by atoms with E-state index in [1.54, 1.807) is 22.8 Å². The first-order valence-corrected chi connectivity index (χ1v) is 9.19. The van der Waals surface area contributed by atoms with Crippen molar-refractivity contribution in [1.29, 1.82) is 0 Å². The topological polar surface area (TPSA) is 129 Å². The van der Waals surface area contributed by atoms with Crippen molar-refractivity contribution < 1.29 is 4.92 Å². The van der Waals surface area contributed by atoms with Crippen LogP contribution in [0.25, 0.3) is 17.2 Å². The molecule has 0 aliphatic carbocycles. The molecule has 0 spiro atoms. The molecule has 0 aliphatic rings. The van der Waals surface area contributed by atoms with E-state index in [0.29, 0.717) is 12.1 Å². The summed E-state index contributed by atoms with van der Waals surface area (Å²) < 4.78 is 3.93. The number of halogens is 1. The fourth-order valence-electron chi connectivity index (χ4n) is 2.88. The SMILES string of the molecule is CCn1c(N/N=C\C(Cl)=C\c2ccc([N+](=O)[O-])cc2)nc2c1c(=O)n(C)c(=O)n2C. The molecule has 0 amide bonds.